The van der Waals surface area contributed by atoms with E-state index in [1.165, 1.54) is 12.8 Å². The number of piperazine rings is 1. The van der Waals surface area contributed by atoms with Crippen molar-refractivity contribution in [2.24, 2.45) is 0 Å². The van der Waals surface area contributed by atoms with Crippen LogP contribution in [0.4, 0.5) is 0 Å². The molecule has 2 saturated carbocycles. The molecule has 3 fully saturated rings. The average molecular weight is 244 g/mol. The van der Waals surface area contributed by atoms with Crippen molar-refractivity contribution in [2.75, 3.05) is 26.2 Å². The number of rotatable bonds is 3. The zero-order valence-electron chi connectivity index (χ0n) is 9.85. The Labute approximate surface area is 97.7 Å². The second-order valence-corrected chi connectivity index (χ2v) is 7.84. The van der Waals surface area contributed by atoms with Gasteiger partial charge in [0.05, 0.1) is 5.25 Å². The first-order valence-electron chi connectivity index (χ1n) is 6.26. The molecule has 3 rings (SSSR count). The number of sulfonamides is 1. The summed E-state index contributed by atoms with van der Waals surface area (Å²) in [6, 6.07) is 0. The van der Waals surface area contributed by atoms with Gasteiger partial charge in [-0.3, -0.25) is 4.90 Å². The van der Waals surface area contributed by atoms with Crippen molar-refractivity contribution in [3.63, 3.8) is 0 Å². The molecule has 0 aromatic heterocycles. The van der Waals surface area contributed by atoms with Gasteiger partial charge in [0.2, 0.25) is 10.0 Å². The molecule has 1 aliphatic heterocycles. The fourth-order valence-corrected chi connectivity index (χ4v) is 4.38. The van der Waals surface area contributed by atoms with Gasteiger partial charge >= 0.3 is 0 Å². The van der Waals surface area contributed by atoms with E-state index < -0.39 is 10.0 Å². The van der Waals surface area contributed by atoms with Gasteiger partial charge in [-0.15, -0.1) is 0 Å². The molecule has 4 nitrogen and oxygen atoms in total. The van der Waals surface area contributed by atoms with Crippen LogP contribution in [-0.2, 0) is 10.0 Å². The standard InChI is InChI=1S/C11H20N2O2S/c1-11(4-5-11)12-6-8-13(9-7-12)16(14,15)10-2-3-10/h10H,2-9H2,1H3. The maximum atomic E-state index is 12.0. The Morgan fingerprint density at radius 3 is 2.06 bits per heavy atom. The Morgan fingerprint density at radius 1 is 1.06 bits per heavy atom. The van der Waals surface area contributed by atoms with Crippen molar-refractivity contribution in [2.45, 2.75) is 43.4 Å². The Kier molecular flexibility index (Phi) is 2.36. The first kappa shape index (κ1) is 11.0. The molecule has 3 aliphatic rings. The highest BCUT2D eigenvalue weighted by Gasteiger charge is 2.46. The molecule has 5 heteroatoms. The van der Waals surface area contributed by atoms with Gasteiger partial charge in [-0.05, 0) is 32.6 Å². The molecule has 92 valence electrons. The molecule has 0 aromatic carbocycles. The van der Waals surface area contributed by atoms with E-state index in [4.69, 9.17) is 0 Å². The average Bonchev–Trinajstić information content (AvgIpc) is 3.12. The third kappa shape index (κ3) is 1.79. The van der Waals surface area contributed by atoms with Crippen LogP contribution in [0.3, 0.4) is 0 Å². The number of nitrogens with zero attached hydrogens (tertiary/aromatic N) is 2. The first-order valence-corrected chi connectivity index (χ1v) is 7.77. The Bertz CT molecular complexity index is 377. The molecule has 1 saturated heterocycles. The topological polar surface area (TPSA) is 40.6 Å². The highest BCUT2D eigenvalue weighted by Crippen LogP contribution is 2.41. The van der Waals surface area contributed by atoms with E-state index in [9.17, 15) is 8.42 Å². The van der Waals surface area contributed by atoms with Gasteiger partial charge in [-0.2, -0.15) is 4.31 Å². The van der Waals surface area contributed by atoms with Crippen LogP contribution in [0.5, 0.6) is 0 Å². The molecule has 0 amide bonds. The summed E-state index contributed by atoms with van der Waals surface area (Å²) in [5.41, 5.74) is 0.398. The molecule has 0 atom stereocenters. The van der Waals surface area contributed by atoms with Crippen LogP contribution in [0.25, 0.3) is 0 Å². The van der Waals surface area contributed by atoms with Crippen LogP contribution in [0.1, 0.15) is 32.6 Å². The molecule has 0 unspecified atom stereocenters. The summed E-state index contributed by atoms with van der Waals surface area (Å²) in [7, 11) is -2.93. The second kappa shape index (κ2) is 3.43. The van der Waals surface area contributed by atoms with E-state index >= 15 is 0 Å². The van der Waals surface area contributed by atoms with Crippen LogP contribution in [-0.4, -0.2) is 54.6 Å². The summed E-state index contributed by atoms with van der Waals surface area (Å²) < 4.78 is 25.8. The van der Waals surface area contributed by atoms with Gasteiger partial charge in [-0.25, -0.2) is 8.42 Å². The largest absolute Gasteiger partial charge is 0.295 e. The first-order chi connectivity index (χ1) is 7.52. The lowest BCUT2D eigenvalue weighted by atomic mass is 10.2. The normalized spacial score (nSPS) is 31.6. The van der Waals surface area contributed by atoms with Crippen molar-refractivity contribution in [1.29, 1.82) is 0 Å². The molecule has 0 N–H and O–H groups in total. The summed E-state index contributed by atoms with van der Waals surface area (Å²) in [5.74, 6) is 0. The minimum absolute atomic E-state index is 0.0458. The minimum atomic E-state index is -2.93. The van der Waals surface area contributed by atoms with Crippen molar-refractivity contribution in [1.82, 2.24) is 9.21 Å². The SMILES string of the molecule is CC1(N2CCN(S(=O)(=O)C3CC3)CC2)CC1. The molecular weight excluding hydrogens is 224 g/mol. The molecule has 1 heterocycles. The lowest BCUT2D eigenvalue weighted by molar-refractivity contribution is 0.132. The zero-order valence-corrected chi connectivity index (χ0v) is 10.7. The van der Waals surface area contributed by atoms with Crippen LogP contribution >= 0.6 is 0 Å². The van der Waals surface area contributed by atoms with Gasteiger partial charge in [0, 0.05) is 31.7 Å². The Morgan fingerprint density at radius 2 is 1.62 bits per heavy atom. The molecular formula is C11H20N2O2S. The summed E-state index contributed by atoms with van der Waals surface area (Å²) in [4.78, 5) is 2.46. The van der Waals surface area contributed by atoms with E-state index in [1.54, 1.807) is 4.31 Å². The van der Waals surface area contributed by atoms with Crippen molar-refractivity contribution >= 4 is 10.0 Å². The van der Waals surface area contributed by atoms with Crippen molar-refractivity contribution in [3.8, 4) is 0 Å². The van der Waals surface area contributed by atoms with Gasteiger partial charge in [0.15, 0.2) is 0 Å². The van der Waals surface area contributed by atoms with Crippen molar-refractivity contribution < 1.29 is 8.42 Å². The lowest BCUT2D eigenvalue weighted by Gasteiger charge is -2.37. The fourth-order valence-electron chi connectivity index (χ4n) is 2.56. The molecule has 2 aliphatic carbocycles. The summed E-state index contributed by atoms with van der Waals surface area (Å²) >= 11 is 0. The summed E-state index contributed by atoms with van der Waals surface area (Å²) in [6.07, 6.45) is 4.31. The van der Waals surface area contributed by atoms with E-state index in [-0.39, 0.29) is 5.25 Å². The predicted molar refractivity (Wildman–Crippen MR) is 62.7 cm³/mol. The van der Waals surface area contributed by atoms with Crippen molar-refractivity contribution in [3.05, 3.63) is 0 Å². The van der Waals surface area contributed by atoms with E-state index in [2.05, 4.69) is 11.8 Å². The van der Waals surface area contributed by atoms with Gasteiger partial charge in [-0.1, -0.05) is 0 Å². The zero-order chi connectivity index (χ0) is 11.4. The smallest absolute Gasteiger partial charge is 0.217 e. The maximum Gasteiger partial charge on any atom is 0.217 e. The van der Waals surface area contributed by atoms with E-state index in [0.29, 0.717) is 18.6 Å². The number of hydrogen-bond donors (Lipinski definition) is 0. The highest BCUT2D eigenvalue weighted by molar-refractivity contribution is 7.90. The molecule has 0 aromatic rings. The summed E-state index contributed by atoms with van der Waals surface area (Å²) in [5, 5.41) is -0.0458. The monoisotopic (exact) mass is 244 g/mol. The summed E-state index contributed by atoms with van der Waals surface area (Å²) in [6.45, 7) is 5.53. The predicted octanol–water partition coefficient (Wildman–Crippen LogP) is 0.649. The Balaban J connectivity index is 1.62. The highest BCUT2D eigenvalue weighted by atomic mass is 32.2. The Hall–Kier alpha value is -0.130. The fraction of sp³-hybridized carbons (Fsp3) is 1.00. The van der Waals surface area contributed by atoms with Crippen LogP contribution in [0.15, 0.2) is 0 Å². The molecule has 16 heavy (non-hydrogen) atoms. The second-order valence-electron chi connectivity index (χ2n) is 5.63. The van der Waals surface area contributed by atoms with E-state index in [0.717, 1.165) is 25.9 Å². The molecule has 0 radical (unpaired) electrons. The minimum Gasteiger partial charge on any atom is -0.295 e. The third-order valence-corrected chi connectivity index (χ3v) is 6.68. The van der Waals surface area contributed by atoms with Gasteiger partial charge < -0.3 is 0 Å². The molecule has 0 spiro atoms. The van der Waals surface area contributed by atoms with Gasteiger partial charge in [0.25, 0.3) is 0 Å². The van der Waals surface area contributed by atoms with Crippen LogP contribution in [0, 0.1) is 0 Å². The van der Waals surface area contributed by atoms with Crippen LogP contribution < -0.4 is 0 Å². The quantitative estimate of drug-likeness (QED) is 0.732. The third-order valence-electron chi connectivity index (χ3n) is 4.28. The maximum absolute atomic E-state index is 12.0. The van der Waals surface area contributed by atoms with Gasteiger partial charge in [0.1, 0.15) is 0 Å². The van der Waals surface area contributed by atoms with E-state index in [1.807, 2.05) is 0 Å². The number of hydrogen-bond acceptors (Lipinski definition) is 3. The lowest BCUT2D eigenvalue weighted by Crippen LogP contribution is -2.52. The van der Waals surface area contributed by atoms with Crippen LogP contribution in [0.2, 0.25) is 0 Å². The molecule has 0 bridgehead atoms.